The third-order valence-corrected chi connectivity index (χ3v) is 2.64. The Morgan fingerprint density at radius 1 is 1.13 bits per heavy atom. The van der Waals surface area contributed by atoms with Gasteiger partial charge in [-0.1, -0.05) is 0 Å². The van der Waals surface area contributed by atoms with Crippen LogP contribution in [0, 0.1) is 18.6 Å². The number of ether oxygens (including phenoxy) is 2. The van der Waals surface area contributed by atoms with Crippen LogP contribution in [0.25, 0.3) is 0 Å². The second kappa shape index (κ2) is 3.54. The summed E-state index contributed by atoms with van der Waals surface area (Å²) in [5.41, 5.74) is 0.390. The summed E-state index contributed by atoms with van der Waals surface area (Å²) >= 11 is 0. The van der Waals surface area contributed by atoms with Gasteiger partial charge in [-0.25, -0.2) is 8.78 Å². The number of hydrogen-bond acceptors (Lipinski definition) is 2. The van der Waals surface area contributed by atoms with Gasteiger partial charge in [0.15, 0.2) is 5.79 Å². The molecule has 2 rings (SSSR count). The molecule has 82 valence electrons. The maximum Gasteiger partial charge on any atom is 0.192 e. The van der Waals surface area contributed by atoms with Crippen molar-refractivity contribution in [2.75, 3.05) is 13.2 Å². The van der Waals surface area contributed by atoms with Gasteiger partial charge in [0, 0.05) is 11.1 Å². The van der Waals surface area contributed by atoms with Crippen molar-refractivity contribution in [3.05, 3.63) is 34.9 Å². The van der Waals surface area contributed by atoms with Crippen molar-refractivity contribution in [3.63, 3.8) is 0 Å². The van der Waals surface area contributed by atoms with Gasteiger partial charge in [-0.2, -0.15) is 0 Å². The molecule has 0 aromatic heterocycles. The van der Waals surface area contributed by atoms with Gasteiger partial charge in [0.05, 0.1) is 13.2 Å². The summed E-state index contributed by atoms with van der Waals surface area (Å²) in [5.74, 6) is -2.18. The molecule has 0 unspecified atom stereocenters. The van der Waals surface area contributed by atoms with Gasteiger partial charge in [0.2, 0.25) is 0 Å². The summed E-state index contributed by atoms with van der Waals surface area (Å²) in [6.45, 7) is 3.93. The minimum Gasteiger partial charge on any atom is -0.344 e. The fourth-order valence-electron chi connectivity index (χ4n) is 1.59. The minimum absolute atomic E-state index is 0.0142. The van der Waals surface area contributed by atoms with Crippen LogP contribution in [0.1, 0.15) is 18.1 Å². The lowest BCUT2D eigenvalue weighted by Gasteiger charge is -2.23. The van der Waals surface area contributed by atoms with Crippen molar-refractivity contribution < 1.29 is 18.3 Å². The molecule has 1 saturated heterocycles. The first kappa shape index (κ1) is 10.5. The maximum atomic E-state index is 13.3. The number of benzene rings is 1. The maximum absolute atomic E-state index is 13.3. The third-order valence-electron chi connectivity index (χ3n) is 2.64. The fourth-order valence-corrected chi connectivity index (χ4v) is 1.59. The van der Waals surface area contributed by atoms with Crippen LogP contribution in [0.4, 0.5) is 8.78 Å². The summed E-state index contributed by atoms with van der Waals surface area (Å²) in [7, 11) is 0. The lowest BCUT2D eigenvalue weighted by molar-refractivity contribution is -0.150. The van der Waals surface area contributed by atoms with E-state index in [1.165, 1.54) is 19.1 Å². The minimum atomic E-state index is -1.02. The van der Waals surface area contributed by atoms with Crippen LogP contribution >= 0.6 is 0 Å². The Kier molecular flexibility index (Phi) is 2.48. The van der Waals surface area contributed by atoms with Crippen molar-refractivity contribution in [3.8, 4) is 0 Å². The molecule has 0 atom stereocenters. The Morgan fingerprint density at radius 2 is 1.60 bits per heavy atom. The summed E-state index contributed by atoms with van der Waals surface area (Å²) in [5, 5.41) is 0. The topological polar surface area (TPSA) is 18.5 Å². The summed E-state index contributed by atoms with van der Waals surface area (Å²) in [4.78, 5) is 0. The molecular formula is C11H12F2O2. The van der Waals surface area contributed by atoms with Crippen LogP contribution < -0.4 is 0 Å². The molecule has 4 heteroatoms. The predicted octanol–water partition coefficient (Wildman–Crippen LogP) is 2.49. The molecule has 0 aliphatic carbocycles. The van der Waals surface area contributed by atoms with Crippen molar-refractivity contribution >= 4 is 0 Å². The Balaban J connectivity index is 2.45. The van der Waals surface area contributed by atoms with Gasteiger partial charge in [-0.15, -0.1) is 0 Å². The lowest BCUT2D eigenvalue weighted by Crippen LogP contribution is -2.23. The molecular weight excluding hydrogens is 202 g/mol. The first-order chi connectivity index (χ1) is 7.03. The molecule has 0 saturated carbocycles. The van der Waals surface area contributed by atoms with Crippen LogP contribution in [0.2, 0.25) is 0 Å². The van der Waals surface area contributed by atoms with Gasteiger partial charge in [0.1, 0.15) is 11.6 Å². The molecule has 1 aromatic rings. The van der Waals surface area contributed by atoms with E-state index in [2.05, 4.69) is 0 Å². The van der Waals surface area contributed by atoms with E-state index in [4.69, 9.17) is 9.47 Å². The molecule has 1 heterocycles. The highest BCUT2D eigenvalue weighted by Gasteiger charge is 2.34. The Bertz CT molecular complexity index is 361. The van der Waals surface area contributed by atoms with Crippen molar-refractivity contribution in [1.29, 1.82) is 0 Å². The number of halogens is 2. The number of rotatable bonds is 1. The second-order valence-electron chi connectivity index (χ2n) is 3.71. The molecule has 1 aliphatic heterocycles. The highest BCUT2D eigenvalue weighted by molar-refractivity contribution is 5.28. The molecule has 15 heavy (non-hydrogen) atoms. The van der Waals surface area contributed by atoms with E-state index in [1.807, 2.05) is 0 Å². The SMILES string of the molecule is Cc1c(F)cc(C2(C)OCCO2)cc1F. The zero-order valence-electron chi connectivity index (χ0n) is 8.64. The Hall–Kier alpha value is -1.00. The van der Waals surface area contributed by atoms with Gasteiger partial charge < -0.3 is 9.47 Å². The van der Waals surface area contributed by atoms with E-state index in [-0.39, 0.29) is 5.56 Å². The van der Waals surface area contributed by atoms with E-state index < -0.39 is 17.4 Å². The third kappa shape index (κ3) is 1.75. The molecule has 0 bridgehead atoms. The summed E-state index contributed by atoms with van der Waals surface area (Å²) in [6, 6.07) is 2.51. The van der Waals surface area contributed by atoms with Crippen molar-refractivity contribution in [2.45, 2.75) is 19.6 Å². The zero-order valence-corrected chi connectivity index (χ0v) is 8.64. The first-order valence-electron chi connectivity index (χ1n) is 4.77. The van der Waals surface area contributed by atoms with E-state index >= 15 is 0 Å². The van der Waals surface area contributed by atoms with Gasteiger partial charge in [0.25, 0.3) is 0 Å². The van der Waals surface area contributed by atoms with Crippen LogP contribution in [-0.2, 0) is 15.3 Å². The smallest absolute Gasteiger partial charge is 0.192 e. The van der Waals surface area contributed by atoms with E-state index in [0.29, 0.717) is 18.8 Å². The monoisotopic (exact) mass is 214 g/mol. The van der Waals surface area contributed by atoms with E-state index in [1.54, 1.807) is 6.92 Å². The van der Waals surface area contributed by atoms with Gasteiger partial charge >= 0.3 is 0 Å². The number of hydrogen-bond donors (Lipinski definition) is 0. The molecule has 0 N–H and O–H groups in total. The van der Waals surface area contributed by atoms with Crippen molar-refractivity contribution in [1.82, 2.24) is 0 Å². The summed E-state index contributed by atoms with van der Waals surface area (Å²) < 4.78 is 37.3. The lowest BCUT2D eigenvalue weighted by atomic mass is 10.0. The molecule has 2 nitrogen and oxygen atoms in total. The first-order valence-corrected chi connectivity index (χ1v) is 4.77. The predicted molar refractivity (Wildman–Crippen MR) is 50.4 cm³/mol. The second-order valence-corrected chi connectivity index (χ2v) is 3.71. The Labute approximate surface area is 86.8 Å². The van der Waals surface area contributed by atoms with Crippen LogP contribution in [0.5, 0.6) is 0 Å². The average molecular weight is 214 g/mol. The quantitative estimate of drug-likeness (QED) is 0.715. The molecule has 0 spiro atoms. The molecule has 1 aromatic carbocycles. The molecule has 0 amide bonds. The van der Waals surface area contributed by atoms with E-state index in [9.17, 15) is 8.78 Å². The normalized spacial score (nSPS) is 19.5. The van der Waals surface area contributed by atoms with Crippen LogP contribution in [0.3, 0.4) is 0 Å². The molecule has 1 fully saturated rings. The molecule has 1 aliphatic rings. The van der Waals surface area contributed by atoms with Crippen molar-refractivity contribution in [2.24, 2.45) is 0 Å². The van der Waals surface area contributed by atoms with E-state index in [0.717, 1.165) is 0 Å². The standard InChI is InChI=1S/C11H12F2O2/c1-7-9(12)5-8(6-10(7)13)11(2)14-3-4-15-11/h5-6H,3-4H2,1-2H3. The fraction of sp³-hybridized carbons (Fsp3) is 0.455. The summed E-state index contributed by atoms with van der Waals surface area (Å²) in [6.07, 6.45) is 0. The van der Waals surface area contributed by atoms with Gasteiger partial charge in [-0.05, 0) is 26.0 Å². The van der Waals surface area contributed by atoms with Crippen LogP contribution in [-0.4, -0.2) is 13.2 Å². The highest BCUT2D eigenvalue weighted by Crippen LogP contribution is 2.32. The highest BCUT2D eigenvalue weighted by atomic mass is 19.1. The van der Waals surface area contributed by atoms with Gasteiger partial charge in [-0.3, -0.25) is 0 Å². The molecule has 0 radical (unpaired) electrons. The largest absolute Gasteiger partial charge is 0.344 e. The zero-order chi connectivity index (χ0) is 11.1. The Morgan fingerprint density at radius 3 is 2.07 bits per heavy atom. The average Bonchev–Trinajstić information content (AvgIpc) is 2.62. The van der Waals surface area contributed by atoms with Crippen LogP contribution in [0.15, 0.2) is 12.1 Å².